The van der Waals surface area contributed by atoms with Gasteiger partial charge < -0.3 is 19.5 Å². The summed E-state index contributed by atoms with van der Waals surface area (Å²) in [7, 11) is 1.63. The SMILES string of the molecule is COc1cccc(C23CCN(C(=O)C4CC4)CC2(O)CCC(OC(C)=O)C3)c1. The van der Waals surface area contributed by atoms with Crippen LogP contribution in [-0.4, -0.2) is 53.8 Å². The van der Waals surface area contributed by atoms with E-state index in [0.29, 0.717) is 38.8 Å². The van der Waals surface area contributed by atoms with Crippen LogP contribution in [-0.2, 0) is 19.7 Å². The third-order valence-corrected chi connectivity index (χ3v) is 6.80. The number of carbonyl (C=O) groups excluding carboxylic acids is 2. The van der Waals surface area contributed by atoms with Crippen LogP contribution in [0, 0.1) is 5.92 Å². The van der Waals surface area contributed by atoms with Crippen LogP contribution in [0.1, 0.15) is 51.0 Å². The summed E-state index contributed by atoms with van der Waals surface area (Å²) >= 11 is 0. The molecule has 0 spiro atoms. The summed E-state index contributed by atoms with van der Waals surface area (Å²) in [5.74, 6) is 0.762. The van der Waals surface area contributed by atoms with Gasteiger partial charge >= 0.3 is 5.97 Å². The highest BCUT2D eigenvalue weighted by molar-refractivity contribution is 5.81. The summed E-state index contributed by atoms with van der Waals surface area (Å²) in [6.07, 6.45) is 4.00. The second kappa shape index (κ2) is 7.07. The van der Waals surface area contributed by atoms with Crippen LogP contribution in [0.2, 0.25) is 0 Å². The van der Waals surface area contributed by atoms with Crippen molar-refractivity contribution in [1.82, 2.24) is 4.90 Å². The normalized spacial score (nSPS) is 32.4. The van der Waals surface area contributed by atoms with Gasteiger partial charge in [0.05, 0.1) is 19.3 Å². The number of amides is 1. The Morgan fingerprint density at radius 2 is 2.00 bits per heavy atom. The Morgan fingerprint density at radius 3 is 2.68 bits per heavy atom. The molecule has 28 heavy (non-hydrogen) atoms. The zero-order valence-corrected chi connectivity index (χ0v) is 16.6. The number of esters is 1. The number of likely N-dealkylation sites (tertiary alicyclic amines) is 1. The fourth-order valence-electron chi connectivity index (χ4n) is 5.17. The summed E-state index contributed by atoms with van der Waals surface area (Å²) in [4.78, 5) is 26.1. The van der Waals surface area contributed by atoms with Crippen LogP contribution in [0.3, 0.4) is 0 Å². The predicted molar refractivity (Wildman–Crippen MR) is 103 cm³/mol. The van der Waals surface area contributed by atoms with Gasteiger partial charge in [-0.05, 0) is 56.2 Å². The fourth-order valence-corrected chi connectivity index (χ4v) is 5.17. The third kappa shape index (κ3) is 3.28. The molecule has 2 saturated carbocycles. The minimum absolute atomic E-state index is 0.144. The topological polar surface area (TPSA) is 76.1 Å². The molecule has 1 heterocycles. The highest BCUT2D eigenvalue weighted by Gasteiger charge is 2.59. The first-order chi connectivity index (χ1) is 13.4. The maximum absolute atomic E-state index is 12.7. The van der Waals surface area contributed by atoms with Crippen LogP contribution < -0.4 is 4.74 Å². The van der Waals surface area contributed by atoms with Crippen molar-refractivity contribution in [3.05, 3.63) is 29.8 Å². The number of β-amino-alcohol motifs (C(OH)–C–C–N with tert-alkyl or cyclic N) is 1. The number of ether oxygens (including phenoxy) is 2. The Morgan fingerprint density at radius 1 is 1.21 bits per heavy atom. The van der Waals surface area contributed by atoms with Gasteiger partial charge in [0.25, 0.3) is 0 Å². The van der Waals surface area contributed by atoms with E-state index in [4.69, 9.17) is 9.47 Å². The largest absolute Gasteiger partial charge is 0.497 e. The van der Waals surface area contributed by atoms with Crippen molar-refractivity contribution in [2.75, 3.05) is 20.2 Å². The molecule has 0 bridgehead atoms. The molecule has 4 rings (SSSR count). The zero-order valence-electron chi connectivity index (χ0n) is 16.6. The van der Waals surface area contributed by atoms with E-state index in [1.165, 1.54) is 6.92 Å². The maximum atomic E-state index is 12.7. The van der Waals surface area contributed by atoms with Gasteiger partial charge in [0, 0.05) is 24.8 Å². The van der Waals surface area contributed by atoms with Gasteiger partial charge in [-0.25, -0.2) is 0 Å². The first-order valence-electron chi connectivity index (χ1n) is 10.2. The molecule has 6 nitrogen and oxygen atoms in total. The highest BCUT2D eigenvalue weighted by Crippen LogP contribution is 2.53. The third-order valence-electron chi connectivity index (χ3n) is 6.80. The lowest BCUT2D eigenvalue weighted by Gasteiger charge is -2.57. The molecule has 2 aliphatic carbocycles. The number of hydrogen-bond acceptors (Lipinski definition) is 5. The fraction of sp³-hybridized carbons (Fsp3) is 0.636. The molecule has 3 fully saturated rings. The van der Waals surface area contributed by atoms with Gasteiger partial charge in [-0.3, -0.25) is 9.59 Å². The summed E-state index contributed by atoms with van der Waals surface area (Å²) in [6, 6.07) is 7.80. The quantitative estimate of drug-likeness (QED) is 0.803. The molecule has 1 N–H and O–H groups in total. The predicted octanol–water partition coefficient (Wildman–Crippen LogP) is 2.42. The lowest BCUT2D eigenvalue weighted by Crippen LogP contribution is -2.67. The summed E-state index contributed by atoms with van der Waals surface area (Å²) < 4.78 is 11.0. The monoisotopic (exact) mass is 387 g/mol. The molecule has 1 aliphatic heterocycles. The van der Waals surface area contributed by atoms with Crippen molar-refractivity contribution in [1.29, 1.82) is 0 Å². The molecule has 3 aliphatic rings. The maximum Gasteiger partial charge on any atom is 0.302 e. The Hall–Kier alpha value is -2.08. The molecule has 0 radical (unpaired) electrons. The van der Waals surface area contributed by atoms with Crippen LogP contribution in [0.15, 0.2) is 24.3 Å². The van der Waals surface area contributed by atoms with E-state index in [9.17, 15) is 14.7 Å². The molecule has 0 aromatic heterocycles. The number of nitrogens with zero attached hydrogens (tertiary/aromatic N) is 1. The minimum Gasteiger partial charge on any atom is -0.497 e. The van der Waals surface area contributed by atoms with Crippen molar-refractivity contribution in [2.45, 2.75) is 62.6 Å². The average Bonchev–Trinajstić information content (AvgIpc) is 3.52. The first-order valence-corrected chi connectivity index (χ1v) is 10.2. The molecule has 1 amide bonds. The number of hydrogen-bond donors (Lipinski definition) is 1. The van der Waals surface area contributed by atoms with E-state index < -0.39 is 11.0 Å². The summed E-state index contributed by atoms with van der Waals surface area (Å²) in [6.45, 7) is 2.38. The lowest BCUT2D eigenvalue weighted by molar-refractivity contribution is -0.172. The van der Waals surface area contributed by atoms with Crippen LogP contribution >= 0.6 is 0 Å². The minimum atomic E-state index is -1.04. The van der Waals surface area contributed by atoms with Crippen LogP contribution in [0.4, 0.5) is 0 Å². The van der Waals surface area contributed by atoms with Crippen molar-refractivity contribution < 1.29 is 24.2 Å². The Bertz CT molecular complexity index is 776. The number of benzene rings is 1. The molecule has 1 saturated heterocycles. The molecular formula is C22H29NO5. The second-order valence-electron chi connectivity index (χ2n) is 8.60. The van der Waals surface area contributed by atoms with Crippen molar-refractivity contribution >= 4 is 11.9 Å². The van der Waals surface area contributed by atoms with Gasteiger partial charge in [-0.15, -0.1) is 0 Å². The van der Waals surface area contributed by atoms with E-state index in [1.54, 1.807) is 7.11 Å². The average molecular weight is 387 g/mol. The molecule has 152 valence electrons. The number of aliphatic hydroxyl groups is 1. The van der Waals surface area contributed by atoms with E-state index in [2.05, 4.69) is 0 Å². The van der Waals surface area contributed by atoms with Gasteiger partial charge in [0.1, 0.15) is 11.9 Å². The summed E-state index contributed by atoms with van der Waals surface area (Å²) in [5, 5.41) is 11.9. The van der Waals surface area contributed by atoms with Crippen LogP contribution in [0.5, 0.6) is 5.75 Å². The smallest absolute Gasteiger partial charge is 0.302 e. The number of rotatable bonds is 4. The van der Waals surface area contributed by atoms with Gasteiger partial charge in [0.2, 0.25) is 5.91 Å². The molecule has 1 aromatic rings. The van der Waals surface area contributed by atoms with Crippen molar-refractivity contribution in [3.8, 4) is 5.75 Å². The Kier molecular flexibility index (Phi) is 4.86. The Balaban J connectivity index is 1.69. The number of piperidine rings is 1. The molecule has 3 atom stereocenters. The van der Waals surface area contributed by atoms with Gasteiger partial charge in [-0.1, -0.05) is 12.1 Å². The van der Waals surface area contributed by atoms with Gasteiger partial charge in [-0.2, -0.15) is 0 Å². The van der Waals surface area contributed by atoms with E-state index in [1.807, 2.05) is 29.2 Å². The standard InChI is InChI=1S/C22H29NO5/c1-15(24)28-19-8-9-22(26)14-23(20(25)16-6-7-16)11-10-21(22,13-19)17-4-3-5-18(12-17)27-2/h3-5,12,16,19,26H,6-11,13-14H2,1-2H3. The summed E-state index contributed by atoms with van der Waals surface area (Å²) in [5.41, 5.74) is -0.622. The van der Waals surface area contributed by atoms with E-state index in [0.717, 1.165) is 24.2 Å². The highest BCUT2D eigenvalue weighted by atomic mass is 16.5. The molecule has 1 aromatic carbocycles. The second-order valence-corrected chi connectivity index (χ2v) is 8.60. The molecular weight excluding hydrogens is 358 g/mol. The lowest BCUT2D eigenvalue weighted by atomic mass is 9.55. The number of carbonyl (C=O) groups is 2. The first kappa shape index (κ1) is 19.2. The van der Waals surface area contributed by atoms with Crippen molar-refractivity contribution in [2.24, 2.45) is 5.92 Å². The number of methoxy groups -OCH3 is 1. The molecule has 3 unspecified atom stereocenters. The van der Waals surface area contributed by atoms with E-state index in [-0.39, 0.29) is 23.9 Å². The van der Waals surface area contributed by atoms with E-state index >= 15 is 0 Å². The zero-order chi connectivity index (χ0) is 19.9. The van der Waals surface area contributed by atoms with Crippen molar-refractivity contribution in [3.63, 3.8) is 0 Å². The number of fused-ring (bicyclic) bond motifs is 1. The van der Waals surface area contributed by atoms with Gasteiger partial charge in [0.15, 0.2) is 0 Å². The Labute approximate surface area is 165 Å². The van der Waals surface area contributed by atoms with Crippen LogP contribution in [0.25, 0.3) is 0 Å². The molecule has 6 heteroatoms.